The lowest BCUT2D eigenvalue weighted by Crippen LogP contribution is -2.10. The van der Waals surface area contributed by atoms with Crippen molar-refractivity contribution in [1.82, 2.24) is 0 Å². The predicted octanol–water partition coefficient (Wildman–Crippen LogP) is 12.7. The molecule has 0 radical (unpaired) electrons. The zero-order valence-electron chi connectivity index (χ0n) is 29.5. The fraction of sp³-hybridized carbons (Fsp3) is 0.130. The Labute approximate surface area is 296 Å². The number of nitriles is 1. The van der Waals surface area contributed by atoms with E-state index in [-0.39, 0.29) is 5.57 Å². The lowest BCUT2D eigenvalue weighted by Gasteiger charge is -2.26. The van der Waals surface area contributed by atoms with Gasteiger partial charge in [0.15, 0.2) is 0 Å². The molecule has 5 aromatic rings. The minimum absolute atomic E-state index is 0.301. The first-order valence-electron chi connectivity index (χ1n) is 16.7. The largest absolute Gasteiger partial charge is 0.477 e. The van der Waals surface area contributed by atoms with Gasteiger partial charge in [-0.15, -0.1) is 0 Å². The van der Waals surface area contributed by atoms with Crippen molar-refractivity contribution in [3.63, 3.8) is 0 Å². The molecule has 0 aliphatic heterocycles. The first-order chi connectivity index (χ1) is 24.0. The molecule has 0 saturated heterocycles. The fourth-order valence-corrected chi connectivity index (χ4v) is 5.60. The number of aliphatic carboxylic acids is 1. The van der Waals surface area contributed by atoms with Crippen LogP contribution in [0.1, 0.15) is 58.2 Å². The number of carboxylic acids is 1. The summed E-state index contributed by atoms with van der Waals surface area (Å²) in [6, 6.07) is 44.6. The van der Waals surface area contributed by atoms with E-state index >= 15 is 0 Å². The number of allylic oxidation sites excluding steroid dienone is 6. The van der Waals surface area contributed by atoms with Gasteiger partial charge in [-0.25, -0.2) is 4.79 Å². The van der Waals surface area contributed by atoms with Gasteiger partial charge >= 0.3 is 5.97 Å². The average Bonchev–Trinajstić information content (AvgIpc) is 3.14. The number of carbonyl (C=O) groups is 1. The van der Waals surface area contributed by atoms with Crippen LogP contribution in [0.2, 0.25) is 0 Å². The minimum Gasteiger partial charge on any atom is -0.477 e. The van der Waals surface area contributed by atoms with E-state index in [1.807, 2.05) is 24.3 Å². The van der Waals surface area contributed by atoms with E-state index in [0.29, 0.717) is 0 Å². The Hall–Kier alpha value is -6.18. The molecule has 50 heavy (non-hydrogen) atoms. The van der Waals surface area contributed by atoms with E-state index in [4.69, 9.17) is 10.4 Å². The van der Waals surface area contributed by atoms with Gasteiger partial charge in [-0.3, -0.25) is 0 Å². The van der Waals surface area contributed by atoms with Gasteiger partial charge in [-0.2, -0.15) is 5.26 Å². The zero-order valence-corrected chi connectivity index (χ0v) is 29.5. The molecule has 0 saturated carbocycles. The summed E-state index contributed by atoms with van der Waals surface area (Å²) in [7, 11) is 0. The summed E-state index contributed by atoms with van der Waals surface area (Å²) in [5.74, 6) is -1.24. The van der Waals surface area contributed by atoms with Crippen LogP contribution in [-0.2, 0) is 4.79 Å². The molecule has 0 heterocycles. The Morgan fingerprint density at radius 1 is 0.560 bits per heavy atom. The second-order valence-corrected chi connectivity index (χ2v) is 12.8. The Morgan fingerprint density at radius 3 is 1.24 bits per heavy atom. The molecule has 0 unspecified atom stereocenters. The van der Waals surface area contributed by atoms with Gasteiger partial charge in [0.2, 0.25) is 0 Å². The summed E-state index contributed by atoms with van der Waals surface area (Å²) in [6.45, 7) is 12.9. The third kappa shape index (κ3) is 8.27. The van der Waals surface area contributed by atoms with Crippen LogP contribution in [-0.4, -0.2) is 11.1 Å². The van der Waals surface area contributed by atoms with E-state index < -0.39 is 5.97 Å². The highest BCUT2D eigenvalue weighted by Crippen LogP contribution is 2.37. The van der Waals surface area contributed by atoms with Crippen LogP contribution in [0.5, 0.6) is 0 Å². The van der Waals surface area contributed by atoms with E-state index in [0.717, 1.165) is 44.9 Å². The summed E-state index contributed by atoms with van der Waals surface area (Å²) in [6.07, 6.45) is 4.65. The van der Waals surface area contributed by atoms with Gasteiger partial charge in [-0.05, 0) is 134 Å². The first-order valence-corrected chi connectivity index (χ1v) is 16.7. The van der Waals surface area contributed by atoms with Crippen LogP contribution in [0.4, 0.5) is 17.1 Å². The molecule has 0 aliphatic carbocycles. The Morgan fingerprint density at radius 2 is 0.900 bits per heavy atom. The Kier molecular flexibility index (Phi) is 11.1. The number of rotatable bonds is 10. The van der Waals surface area contributed by atoms with Crippen molar-refractivity contribution in [3.05, 3.63) is 167 Å². The lowest BCUT2D eigenvalue weighted by molar-refractivity contribution is -0.132. The average molecular weight is 655 g/mol. The molecule has 0 bridgehead atoms. The van der Waals surface area contributed by atoms with E-state index in [1.54, 1.807) is 18.2 Å². The number of nitrogens with zero attached hydrogens (tertiary/aromatic N) is 2. The van der Waals surface area contributed by atoms with Crippen LogP contribution < -0.4 is 4.90 Å². The summed E-state index contributed by atoms with van der Waals surface area (Å²) in [4.78, 5) is 13.3. The molecule has 1 N–H and O–H groups in total. The molecule has 0 atom stereocenters. The molecule has 5 rings (SSSR count). The third-order valence-corrected chi connectivity index (χ3v) is 9.11. The normalized spacial score (nSPS) is 11.2. The van der Waals surface area contributed by atoms with Crippen LogP contribution >= 0.6 is 0 Å². The van der Waals surface area contributed by atoms with Crippen LogP contribution in [0.3, 0.4) is 0 Å². The number of carboxylic acid groups (broad SMARTS) is 1. The standard InChI is InChI=1S/C46H42N2O2/c1-31(2)33(5)36-18-24-43(25-19-36)48(44-26-20-37(21-27-44)34(6)32(3)4)45-28-22-41(23-29-45)40-16-14-39(15-17-40)38-12-10-35(11-13-38)8-7-9-42(30-47)46(49)50/h7-29H,1-6H3,(H,49,50)/b8-7+,42-9-. The van der Waals surface area contributed by atoms with Crippen molar-refractivity contribution >= 4 is 40.3 Å². The monoisotopic (exact) mass is 654 g/mol. The van der Waals surface area contributed by atoms with Crippen molar-refractivity contribution in [2.75, 3.05) is 4.90 Å². The van der Waals surface area contributed by atoms with Crippen molar-refractivity contribution in [2.45, 2.75) is 41.5 Å². The number of hydrogen-bond acceptors (Lipinski definition) is 3. The van der Waals surface area contributed by atoms with Gasteiger partial charge in [-0.1, -0.05) is 108 Å². The molecule has 5 aromatic carbocycles. The molecule has 4 nitrogen and oxygen atoms in total. The van der Waals surface area contributed by atoms with Crippen LogP contribution in [0.25, 0.3) is 39.5 Å². The van der Waals surface area contributed by atoms with Gasteiger partial charge in [0.25, 0.3) is 0 Å². The molecule has 248 valence electrons. The molecule has 0 aliphatic rings. The molecule has 0 spiro atoms. The maximum absolute atomic E-state index is 11.0. The van der Waals surface area contributed by atoms with Crippen molar-refractivity contribution in [3.8, 4) is 28.3 Å². The quantitative estimate of drug-likeness (QED) is 0.0924. The smallest absolute Gasteiger partial charge is 0.346 e. The van der Waals surface area contributed by atoms with Crippen LogP contribution in [0, 0.1) is 11.3 Å². The Balaban J connectivity index is 1.39. The highest BCUT2D eigenvalue weighted by Gasteiger charge is 2.14. The maximum atomic E-state index is 11.0. The molecular weight excluding hydrogens is 613 g/mol. The minimum atomic E-state index is -1.24. The second kappa shape index (κ2) is 15.8. The SMILES string of the molecule is CC(C)=C(C)c1ccc(N(c2ccc(C(C)=C(C)C)cc2)c2ccc(-c3ccc(-c4ccc(/C=C/C=C(/C#N)C(=O)O)cc4)cc3)cc2)cc1. The highest BCUT2D eigenvalue weighted by molar-refractivity contribution is 5.91. The Bertz CT molecular complexity index is 2060. The third-order valence-electron chi connectivity index (χ3n) is 9.11. The number of benzene rings is 5. The van der Waals surface area contributed by atoms with E-state index in [1.165, 1.54) is 39.5 Å². The number of hydrogen-bond donors (Lipinski definition) is 1. The summed E-state index contributed by atoms with van der Waals surface area (Å²) < 4.78 is 0. The molecule has 0 fully saturated rings. The van der Waals surface area contributed by atoms with Crippen molar-refractivity contribution < 1.29 is 9.90 Å². The zero-order chi connectivity index (χ0) is 35.8. The summed E-state index contributed by atoms with van der Waals surface area (Å²) in [5, 5.41) is 17.9. The van der Waals surface area contributed by atoms with Gasteiger partial charge in [0.1, 0.15) is 11.6 Å². The topological polar surface area (TPSA) is 64.3 Å². The van der Waals surface area contributed by atoms with Crippen LogP contribution in [0.15, 0.2) is 150 Å². The van der Waals surface area contributed by atoms with Gasteiger partial charge < -0.3 is 10.0 Å². The summed E-state index contributed by atoms with van der Waals surface area (Å²) >= 11 is 0. The molecular formula is C46H42N2O2. The highest BCUT2D eigenvalue weighted by atomic mass is 16.4. The number of anilines is 3. The molecule has 0 aromatic heterocycles. The summed E-state index contributed by atoms with van der Waals surface area (Å²) in [5.41, 5.74) is 16.0. The van der Waals surface area contributed by atoms with Crippen molar-refractivity contribution in [2.24, 2.45) is 0 Å². The van der Waals surface area contributed by atoms with Crippen molar-refractivity contribution in [1.29, 1.82) is 5.26 Å². The molecule has 4 heteroatoms. The predicted molar refractivity (Wildman–Crippen MR) is 210 cm³/mol. The first kappa shape index (κ1) is 35.1. The second-order valence-electron chi connectivity index (χ2n) is 12.8. The lowest BCUT2D eigenvalue weighted by atomic mass is 9.99. The fourth-order valence-electron chi connectivity index (χ4n) is 5.60. The van der Waals surface area contributed by atoms with Gasteiger partial charge in [0, 0.05) is 17.1 Å². The maximum Gasteiger partial charge on any atom is 0.346 e. The van der Waals surface area contributed by atoms with E-state index in [2.05, 4.69) is 144 Å². The van der Waals surface area contributed by atoms with Gasteiger partial charge in [0.05, 0.1) is 0 Å². The van der Waals surface area contributed by atoms with E-state index in [9.17, 15) is 4.79 Å². The molecule has 0 amide bonds.